The summed E-state index contributed by atoms with van der Waals surface area (Å²) in [7, 11) is 0. The Morgan fingerprint density at radius 2 is 2.33 bits per heavy atom. The lowest BCUT2D eigenvalue weighted by Gasteiger charge is -2.08. The molecule has 0 fully saturated rings. The molecule has 1 aromatic carbocycles. The van der Waals surface area contributed by atoms with E-state index >= 15 is 0 Å². The maximum Gasteiger partial charge on any atom is 0.271 e. The third-order valence-electron chi connectivity index (χ3n) is 2.90. The summed E-state index contributed by atoms with van der Waals surface area (Å²) in [4.78, 5) is 21.9. The van der Waals surface area contributed by atoms with Gasteiger partial charge in [0.1, 0.15) is 0 Å². The van der Waals surface area contributed by atoms with Crippen LogP contribution < -0.4 is 5.32 Å². The Kier molecular flexibility index (Phi) is 3.72. The summed E-state index contributed by atoms with van der Waals surface area (Å²) in [5.41, 5.74) is 0.449. The number of amides is 1. The van der Waals surface area contributed by atoms with Gasteiger partial charge in [-0.25, -0.2) is 0 Å². The molecule has 2 rings (SSSR count). The van der Waals surface area contributed by atoms with Gasteiger partial charge in [0, 0.05) is 24.2 Å². The monoisotopic (exact) mass is 246 g/mol. The predicted molar refractivity (Wildman–Crippen MR) is 68.2 cm³/mol. The van der Waals surface area contributed by atoms with Crippen LogP contribution in [0.4, 0.5) is 11.4 Å². The molecule has 1 N–H and O–H groups in total. The van der Waals surface area contributed by atoms with Gasteiger partial charge in [0.05, 0.1) is 4.92 Å². The fourth-order valence-corrected chi connectivity index (χ4v) is 2.01. The molecule has 0 radical (unpaired) electrons. The van der Waals surface area contributed by atoms with Gasteiger partial charge in [-0.2, -0.15) is 0 Å². The van der Waals surface area contributed by atoms with Gasteiger partial charge in [-0.05, 0) is 24.8 Å². The molecular weight excluding hydrogens is 232 g/mol. The summed E-state index contributed by atoms with van der Waals surface area (Å²) in [6, 6.07) is 5.97. The SMILES string of the molecule is O=C(CC1C=CCC1)Nc1cccc([N+](=O)[O-])c1. The highest BCUT2D eigenvalue weighted by molar-refractivity contribution is 5.91. The maximum absolute atomic E-state index is 11.7. The van der Waals surface area contributed by atoms with E-state index in [1.54, 1.807) is 12.1 Å². The minimum atomic E-state index is -0.477. The summed E-state index contributed by atoms with van der Waals surface area (Å²) >= 11 is 0. The number of hydrogen-bond donors (Lipinski definition) is 1. The molecular formula is C13H14N2O3. The first-order valence-electron chi connectivity index (χ1n) is 5.86. The van der Waals surface area contributed by atoms with Gasteiger partial charge in [-0.1, -0.05) is 18.2 Å². The number of nitrogens with one attached hydrogen (secondary N) is 1. The van der Waals surface area contributed by atoms with Gasteiger partial charge in [0.25, 0.3) is 5.69 Å². The topological polar surface area (TPSA) is 72.2 Å². The van der Waals surface area contributed by atoms with Crippen molar-refractivity contribution in [1.29, 1.82) is 0 Å². The standard InChI is InChI=1S/C13H14N2O3/c16-13(8-10-4-1-2-5-10)14-11-6-3-7-12(9-11)15(17)18/h1,3-4,6-7,9-10H,2,5,8H2,(H,14,16). The number of benzene rings is 1. The highest BCUT2D eigenvalue weighted by atomic mass is 16.6. The van der Waals surface area contributed by atoms with Crippen LogP contribution in [0.3, 0.4) is 0 Å². The molecule has 0 aromatic heterocycles. The molecule has 1 aromatic rings. The van der Waals surface area contributed by atoms with Gasteiger partial charge in [0.2, 0.25) is 5.91 Å². The van der Waals surface area contributed by atoms with E-state index < -0.39 is 4.92 Å². The fourth-order valence-electron chi connectivity index (χ4n) is 2.01. The van der Waals surface area contributed by atoms with E-state index in [4.69, 9.17) is 0 Å². The molecule has 0 aliphatic heterocycles. The van der Waals surface area contributed by atoms with Crippen molar-refractivity contribution in [3.63, 3.8) is 0 Å². The van der Waals surface area contributed by atoms with Crippen LogP contribution in [0.25, 0.3) is 0 Å². The van der Waals surface area contributed by atoms with E-state index in [-0.39, 0.29) is 11.6 Å². The Morgan fingerprint density at radius 1 is 1.50 bits per heavy atom. The number of non-ortho nitro benzene ring substituents is 1. The van der Waals surface area contributed by atoms with Crippen LogP contribution in [0.5, 0.6) is 0 Å². The van der Waals surface area contributed by atoms with Crippen LogP contribution in [0.15, 0.2) is 36.4 Å². The number of nitro benzene ring substituents is 1. The fraction of sp³-hybridized carbons (Fsp3) is 0.308. The van der Waals surface area contributed by atoms with Crippen molar-refractivity contribution in [2.24, 2.45) is 5.92 Å². The van der Waals surface area contributed by atoms with Crippen molar-refractivity contribution in [2.45, 2.75) is 19.3 Å². The van der Waals surface area contributed by atoms with Crippen molar-refractivity contribution >= 4 is 17.3 Å². The number of nitrogens with zero attached hydrogens (tertiary/aromatic N) is 1. The average Bonchev–Trinajstić information content (AvgIpc) is 2.82. The van der Waals surface area contributed by atoms with Crippen LogP contribution in [0.1, 0.15) is 19.3 Å². The molecule has 0 saturated carbocycles. The van der Waals surface area contributed by atoms with E-state index in [0.717, 1.165) is 12.8 Å². The zero-order chi connectivity index (χ0) is 13.0. The molecule has 1 atom stereocenters. The van der Waals surface area contributed by atoms with Crippen molar-refractivity contribution in [2.75, 3.05) is 5.32 Å². The van der Waals surface area contributed by atoms with Crippen molar-refractivity contribution in [1.82, 2.24) is 0 Å². The van der Waals surface area contributed by atoms with Gasteiger partial charge < -0.3 is 5.32 Å². The Hall–Kier alpha value is -2.17. The third-order valence-corrected chi connectivity index (χ3v) is 2.90. The molecule has 1 aliphatic rings. The molecule has 0 saturated heterocycles. The number of nitro groups is 1. The second kappa shape index (κ2) is 5.44. The Bertz CT molecular complexity index is 497. The molecule has 94 valence electrons. The number of rotatable bonds is 4. The minimum Gasteiger partial charge on any atom is -0.326 e. The van der Waals surface area contributed by atoms with E-state index in [1.807, 2.05) is 6.08 Å². The minimum absolute atomic E-state index is 0.0198. The molecule has 1 unspecified atom stereocenters. The lowest BCUT2D eigenvalue weighted by molar-refractivity contribution is -0.384. The van der Waals surface area contributed by atoms with Crippen molar-refractivity contribution in [3.05, 3.63) is 46.5 Å². The maximum atomic E-state index is 11.7. The lowest BCUT2D eigenvalue weighted by atomic mass is 10.1. The number of anilines is 1. The number of carbonyl (C=O) groups is 1. The largest absolute Gasteiger partial charge is 0.326 e. The summed E-state index contributed by atoms with van der Waals surface area (Å²) in [5.74, 6) is 0.191. The number of carbonyl (C=O) groups excluding carboxylic acids is 1. The first-order chi connectivity index (χ1) is 8.65. The van der Waals surface area contributed by atoms with Crippen LogP contribution in [-0.4, -0.2) is 10.8 Å². The predicted octanol–water partition coefficient (Wildman–Crippen LogP) is 2.89. The Labute approximate surface area is 105 Å². The summed E-state index contributed by atoms with van der Waals surface area (Å²) in [5, 5.41) is 13.3. The zero-order valence-electron chi connectivity index (χ0n) is 9.83. The average molecular weight is 246 g/mol. The second-order valence-electron chi connectivity index (χ2n) is 4.33. The normalized spacial score (nSPS) is 17.7. The highest BCUT2D eigenvalue weighted by Crippen LogP contribution is 2.22. The summed E-state index contributed by atoms with van der Waals surface area (Å²) in [6.07, 6.45) is 6.58. The molecule has 18 heavy (non-hydrogen) atoms. The van der Waals surface area contributed by atoms with Crippen molar-refractivity contribution in [3.8, 4) is 0 Å². The first-order valence-corrected chi connectivity index (χ1v) is 5.86. The van der Waals surface area contributed by atoms with Crippen LogP contribution in [0.2, 0.25) is 0 Å². The van der Waals surface area contributed by atoms with Gasteiger partial charge in [-0.3, -0.25) is 14.9 Å². The Balaban J connectivity index is 1.95. The van der Waals surface area contributed by atoms with E-state index in [2.05, 4.69) is 11.4 Å². The van der Waals surface area contributed by atoms with Crippen LogP contribution in [-0.2, 0) is 4.79 Å². The van der Waals surface area contributed by atoms with Gasteiger partial charge >= 0.3 is 0 Å². The Morgan fingerprint density at radius 3 is 3.00 bits per heavy atom. The van der Waals surface area contributed by atoms with Crippen LogP contribution >= 0.6 is 0 Å². The molecule has 0 bridgehead atoms. The highest BCUT2D eigenvalue weighted by Gasteiger charge is 2.14. The van der Waals surface area contributed by atoms with Gasteiger partial charge in [-0.15, -0.1) is 0 Å². The van der Waals surface area contributed by atoms with E-state index in [9.17, 15) is 14.9 Å². The smallest absolute Gasteiger partial charge is 0.271 e. The number of hydrogen-bond acceptors (Lipinski definition) is 3. The quantitative estimate of drug-likeness (QED) is 0.504. The van der Waals surface area contributed by atoms with Gasteiger partial charge in [0.15, 0.2) is 0 Å². The molecule has 0 heterocycles. The zero-order valence-corrected chi connectivity index (χ0v) is 9.83. The molecule has 0 spiro atoms. The molecule has 5 nitrogen and oxygen atoms in total. The molecule has 5 heteroatoms. The summed E-state index contributed by atoms with van der Waals surface area (Å²) < 4.78 is 0. The first kappa shape index (κ1) is 12.3. The molecule has 1 aliphatic carbocycles. The second-order valence-corrected chi connectivity index (χ2v) is 4.33. The third kappa shape index (κ3) is 3.16. The van der Waals surface area contributed by atoms with Crippen molar-refractivity contribution < 1.29 is 9.72 Å². The number of allylic oxidation sites excluding steroid dienone is 2. The van der Waals surface area contributed by atoms with E-state index in [0.29, 0.717) is 18.0 Å². The lowest BCUT2D eigenvalue weighted by Crippen LogP contribution is -2.14. The summed E-state index contributed by atoms with van der Waals surface area (Å²) in [6.45, 7) is 0. The van der Waals surface area contributed by atoms with E-state index in [1.165, 1.54) is 12.1 Å². The van der Waals surface area contributed by atoms with Crippen LogP contribution in [0, 0.1) is 16.0 Å². The molecule has 1 amide bonds.